The third-order valence-electron chi connectivity index (χ3n) is 5.69. The predicted octanol–water partition coefficient (Wildman–Crippen LogP) is 8.85. The fourth-order valence-corrected chi connectivity index (χ4v) is 3.91. The summed E-state index contributed by atoms with van der Waals surface area (Å²) in [6.45, 7) is 2.28. The minimum Gasteiger partial charge on any atom is -0.508 e. The van der Waals surface area contributed by atoms with E-state index in [2.05, 4.69) is 19.1 Å². The molecule has 0 aliphatic carbocycles. The smallest absolute Gasteiger partial charge is 0.119 e. The molecule has 2 N–H and O–H groups in total. The van der Waals surface area contributed by atoms with E-state index in [1.54, 1.807) is 12.1 Å². The first kappa shape index (κ1) is 25.6. The Morgan fingerprint density at radius 3 is 1.45 bits per heavy atom. The fourth-order valence-electron chi connectivity index (χ4n) is 3.91. The van der Waals surface area contributed by atoms with Gasteiger partial charge in [0.15, 0.2) is 0 Å². The summed E-state index contributed by atoms with van der Waals surface area (Å²) >= 11 is 0. The van der Waals surface area contributed by atoms with Crippen molar-refractivity contribution < 1.29 is 10.2 Å². The summed E-state index contributed by atoms with van der Waals surface area (Å²) in [4.78, 5) is 0. The van der Waals surface area contributed by atoms with Gasteiger partial charge in [0.1, 0.15) is 11.5 Å². The Hall–Kier alpha value is -1.44. The first-order valence-corrected chi connectivity index (χ1v) is 12.4. The van der Waals surface area contributed by atoms with Crippen LogP contribution < -0.4 is 0 Å². The molecule has 0 saturated heterocycles. The van der Waals surface area contributed by atoms with Crippen molar-refractivity contribution in [1.82, 2.24) is 0 Å². The Balaban J connectivity index is 1.79. The van der Waals surface area contributed by atoms with Gasteiger partial charge in [0.2, 0.25) is 0 Å². The number of phenols is 2. The quantitative estimate of drug-likeness (QED) is 0.179. The fraction of sp³-hybridized carbons (Fsp3) is 0.704. The van der Waals surface area contributed by atoms with Crippen LogP contribution in [0, 0.1) is 0 Å². The maximum absolute atomic E-state index is 9.49. The van der Waals surface area contributed by atoms with Crippen LogP contribution in [0.15, 0.2) is 30.4 Å². The maximum Gasteiger partial charge on any atom is 0.119 e. The molecule has 1 aromatic carbocycles. The number of hydrogen-bond acceptors (Lipinski definition) is 2. The van der Waals surface area contributed by atoms with Crippen LogP contribution in [0.1, 0.15) is 122 Å². The number of phenolic OH excluding ortho intramolecular Hbond substituents is 2. The molecule has 0 bridgehead atoms. The van der Waals surface area contributed by atoms with Gasteiger partial charge in [0.25, 0.3) is 0 Å². The van der Waals surface area contributed by atoms with Crippen molar-refractivity contribution in [3.05, 3.63) is 35.9 Å². The molecule has 0 aliphatic heterocycles. The number of aryl methyl sites for hydroxylation is 1. The second-order valence-electron chi connectivity index (χ2n) is 8.61. The second kappa shape index (κ2) is 18.6. The summed E-state index contributed by atoms with van der Waals surface area (Å²) in [6.07, 6.45) is 28.5. The molecular formula is C27H46O2. The van der Waals surface area contributed by atoms with Crippen molar-refractivity contribution in [2.24, 2.45) is 0 Å². The van der Waals surface area contributed by atoms with Crippen molar-refractivity contribution in [1.29, 1.82) is 0 Å². The molecule has 1 rings (SSSR count). The molecule has 29 heavy (non-hydrogen) atoms. The monoisotopic (exact) mass is 402 g/mol. The van der Waals surface area contributed by atoms with E-state index in [1.165, 1.54) is 109 Å². The molecule has 0 atom stereocenters. The SMILES string of the molecule is CCCCCCCCC=CCCCCCCCCCCCc1cc(O)cc(O)c1. The highest BCUT2D eigenvalue weighted by atomic mass is 16.3. The molecule has 0 fully saturated rings. The van der Waals surface area contributed by atoms with Crippen LogP contribution in [0.25, 0.3) is 0 Å². The summed E-state index contributed by atoms with van der Waals surface area (Å²) in [5, 5.41) is 19.0. The number of rotatable bonds is 19. The highest BCUT2D eigenvalue weighted by Crippen LogP contribution is 2.22. The number of unbranched alkanes of at least 4 members (excludes halogenated alkanes) is 15. The van der Waals surface area contributed by atoms with Crippen LogP contribution in [0.2, 0.25) is 0 Å². The van der Waals surface area contributed by atoms with Gasteiger partial charge in [-0.3, -0.25) is 0 Å². The zero-order valence-corrected chi connectivity index (χ0v) is 19.0. The molecule has 0 aliphatic rings. The van der Waals surface area contributed by atoms with Gasteiger partial charge in [-0.25, -0.2) is 0 Å². The molecule has 0 spiro atoms. The lowest BCUT2D eigenvalue weighted by molar-refractivity contribution is 0.449. The molecule has 0 amide bonds. The van der Waals surface area contributed by atoms with Crippen molar-refractivity contribution in [3.63, 3.8) is 0 Å². The second-order valence-corrected chi connectivity index (χ2v) is 8.61. The lowest BCUT2D eigenvalue weighted by Crippen LogP contribution is -1.87. The topological polar surface area (TPSA) is 40.5 Å². The predicted molar refractivity (Wildman–Crippen MR) is 127 cm³/mol. The van der Waals surface area contributed by atoms with Crippen molar-refractivity contribution in [3.8, 4) is 11.5 Å². The van der Waals surface area contributed by atoms with E-state index in [1.807, 2.05) is 0 Å². The highest BCUT2D eigenvalue weighted by Gasteiger charge is 1.99. The minimum absolute atomic E-state index is 0.160. The molecule has 2 heteroatoms. The van der Waals surface area contributed by atoms with Gasteiger partial charge in [0.05, 0.1) is 0 Å². The average Bonchev–Trinajstić information content (AvgIpc) is 2.69. The van der Waals surface area contributed by atoms with Crippen molar-refractivity contribution in [2.75, 3.05) is 0 Å². The minimum atomic E-state index is 0.160. The maximum atomic E-state index is 9.49. The summed E-state index contributed by atoms with van der Waals surface area (Å²) in [5.41, 5.74) is 1.03. The molecule has 0 aromatic heterocycles. The van der Waals surface area contributed by atoms with Crippen LogP contribution in [0.3, 0.4) is 0 Å². The van der Waals surface area contributed by atoms with Crippen LogP contribution in [0.5, 0.6) is 11.5 Å². The van der Waals surface area contributed by atoms with Crippen LogP contribution >= 0.6 is 0 Å². The Kier molecular flexibility index (Phi) is 16.4. The third kappa shape index (κ3) is 16.1. The largest absolute Gasteiger partial charge is 0.508 e. The lowest BCUT2D eigenvalue weighted by Gasteiger charge is -2.04. The number of hydrogen-bond donors (Lipinski definition) is 2. The molecular weight excluding hydrogens is 356 g/mol. The van der Waals surface area contributed by atoms with Crippen LogP contribution in [-0.2, 0) is 6.42 Å². The van der Waals surface area contributed by atoms with Gasteiger partial charge in [-0.2, -0.15) is 0 Å². The van der Waals surface area contributed by atoms with Gasteiger partial charge in [-0.15, -0.1) is 0 Å². The number of benzene rings is 1. The zero-order valence-electron chi connectivity index (χ0n) is 19.0. The van der Waals surface area contributed by atoms with Crippen LogP contribution in [-0.4, -0.2) is 10.2 Å². The average molecular weight is 403 g/mol. The standard InChI is InChI=1S/C27H46O2/c1-2-3-4-5-6-7-8-9-10-11-12-13-14-15-16-17-18-19-20-21-25-22-26(28)24-27(29)23-25/h9-10,22-24,28-29H,2-8,11-21H2,1H3. The summed E-state index contributed by atoms with van der Waals surface area (Å²) in [7, 11) is 0. The molecule has 0 unspecified atom stereocenters. The lowest BCUT2D eigenvalue weighted by atomic mass is 10.0. The van der Waals surface area contributed by atoms with Gasteiger partial charge in [-0.1, -0.05) is 96.1 Å². The Morgan fingerprint density at radius 2 is 0.966 bits per heavy atom. The molecule has 2 nitrogen and oxygen atoms in total. The van der Waals surface area contributed by atoms with E-state index in [0.717, 1.165) is 18.4 Å². The first-order chi connectivity index (χ1) is 14.2. The van der Waals surface area contributed by atoms with E-state index in [0.29, 0.717) is 0 Å². The third-order valence-corrected chi connectivity index (χ3v) is 5.69. The number of aromatic hydroxyl groups is 2. The zero-order chi connectivity index (χ0) is 21.0. The van der Waals surface area contributed by atoms with Gasteiger partial charge < -0.3 is 10.2 Å². The Labute approximate surface area is 180 Å². The van der Waals surface area contributed by atoms with E-state index >= 15 is 0 Å². The Morgan fingerprint density at radius 1 is 0.552 bits per heavy atom. The van der Waals surface area contributed by atoms with Crippen LogP contribution in [0.4, 0.5) is 0 Å². The summed E-state index contributed by atoms with van der Waals surface area (Å²) in [6, 6.07) is 4.89. The first-order valence-electron chi connectivity index (χ1n) is 12.4. The number of allylic oxidation sites excluding steroid dienone is 2. The molecule has 0 heterocycles. The normalized spacial score (nSPS) is 11.5. The van der Waals surface area contributed by atoms with Crippen molar-refractivity contribution >= 4 is 0 Å². The summed E-state index contributed by atoms with van der Waals surface area (Å²) < 4.78 is 0. The van der Waals surface area contributed by atoms with Gasteiger partial charge in [-0.05, 0) is 56.2 Å². The Bertz CT molecular complexity index is 501. The summed E-state index contributed by atoms with van der Waals surface area (Å²) in [5.74, 6) is 0.321. The van der Waals surface area contributed by atoms with Gasteiger partial charge in [0, 0.05) is 6.07 Å². The van der Waals surface area contributed by atoms with E-state index in [-0.39, 0.29) is 11.5 Å². The molecule has 0 saturated carbocycles. The molecule has 0 radical (unpaired) electrons. The molecule has 166 valence electrons. The van der Waals surface area contributed by atoms with Crippen molar-refractivity contribution in [2.45, 2.75) is 122 Å². The van der Waals surface area contributed by atoms with E-state index in [4.69, 9.17) is 0 Å². The van der Waals surface area contributed by atoms with E-state index in [9.17, 15) is 10.2 Å². The molecule has 1 aromatic rings. The van der Waals surface area contributed by atoms with Gasteiger partial charge >= 0.3 is 0 Å². The van der Waals surface area contributed by atoms with E-state index < -0.39 is 0 Å². The highest BCUT2D eigenvalue weighted by molar-refractivity contribution is 5.36.